The minimum atomic E-state index is -0.647. The highest BCUT2D eigenvalue weighted by Gasteiger charge is 2.09. The number of aryl methyl sites for hydroxylation is 1. The number of aliphatic imine (C=N–C) groups is 1. The lowest BCUT2D eigenvalue weighted by atomic mass is 10.1. The van der Waals surface area contributed by atoms with Crippen LogP contribution in [0.25, 0.3) is 0 Å². The van der Waals surface area contributed by atoms with Crippen LogP contribution in [0, 0.1) is 6.92 Å². The van der Waals surface area contributed by atoms with Crippen LogP contribution in [0.2, 0.25) is 0 Å². The van der Waals surface area contributed by atoms with Gasteiger partial charge >= 0.3 is 0 Å². The van der Waals surface area contributed by atoms with E-state index in [2.05, 4.69) is 4.99 Å². The molecule has 0 spiro atoms. The predicted molar refractivity (Wildman–Crippen MR) is 53.0 cm³/mol. The third-order valence-corrected chi connectivity index (χ3v) is 1.61. The largest absolute Gasteiger partial charge is 0.507 e. The van der Waals surface area contributed by atoms with Crippen LogP contribution in [0.5, 0.6) is 5.75 Å². The fraction of sp³-hybridized carbons (Fsp3) is 0.111. The number of hydrogen-bond acceptors (Lipinski definition) is 2. The van der Waals surface area contributed by atoms with Crippen molar-refractivity contribution < 1.29 is 9.90 Å². The zero-order valence-corrected chi connectivity index (χ0v) is 7.69. The molecule has 1 aromatic carbocycles. The molecule has 74 valence electrons. The van der Waals surface area contributed by atoms with E-state index in [-0.39, 0.29) is 17.3 Å². The summed E-state index contributed by atoms with van der Waals surface area (Å²) < 4.78 is 0. The lowest BCUT2D eigenvalue weighted by Gasteiger charge is -2.01. The molecular weight excluding hydrogens is 182 g/mol. The fourth-order valence-corrected chi connectivity index (χ4v) is 0.999. The van der Waals surface area contributed by atoms with Crippen LogP contribution in [0.4, 0.5) is 0 Å². The molecule has 5 nitrogen and oxygen atoms in total. The Morgan fingerprint density at radius 2 is 2.07 bits per heavy atom. The maximum absolute atomic E-state index is 11.3. The van der Waals surface area contributed by atoms with Crippen LogP contribution in [0.1, 0.15) is 15.9 Å². The van der Waals surface area contributed by atoms with Gasteiger partial charge in [0.25, 0.3) is 5.91 Å². The van der Waals surface area contributed by atoms with E-state index in [4.69, 9.17) is 11.5 Å². The number of nitrogens with two attached hydrogens (primary N) is 2. The fourth-order valence-electron chi connectivity index (χ4n) is 0.999. The van der Waals surface area contributed by atoms with E-state index < -0.39 is 5.91 Å². The number of nitrogens with zero attached hydrogens (tertiary/aromatic N) is 1. The third kappa shape index (κ3) is 2.22. The van der Waals surface area contributed by atoms with Gasteiger partial charge < -0.3 is 16.6 Å². The average Bonchev–Trinajstić information content (AvgIpc) is 2.08. The summed E-state index contributed by atoms with van der Waals surface area (Å²) in [5.41, 5.74) is 11.0. The van der Waals surface area contributed by atoms with Gasteiger partial charge in [-0.1, -0.05) is 11.6 Å². The Balaban J connectivity index is 3.12. The summed E-state index contributed by atoms with van der Waals surface area (Å²) in [7, 11) is 0. The Bertz CT molecular complexity index is 395. The van der Waals surface area contributed by atoms with Gasteiger partial charge in [0.1, 0.15) is 5.75 Å². The first-order valence-electron chi connectivity index (χ1n) is 3.94. The van der Waals surface area contributed by atoms with Crippen molar-refractivity contribution in [3.8, 4) is 5.75 Å². The van der Waals surface area contributed by atoms with Gasteiger partial charge in [-0.05, 0) is 19.1 Å². The van der Waals surface area contributed by atoms with Crippen molar-refractivity contribution in [3.63, 3.8) is 0 Å². The summed E-state index contributed by atoms with van der Waals surface area (Å²) in [5.74, 6) is -1.10. The molecule has 0 fully saturated rings. The van der Waals surface area contributed by atoms with E-state index >= 15 is 0 Å². The summed E-state index contributed by atoms with van der Waals surface area (Å²) in [4.78, 5) is 14.6. The molecule has 0 unspecified atom stereocenters. The summed E-state index contributed by atoms with van der Waals surface area (Å²) in [6.07, 6.45) is 0. The molecule has 1 amide bonds. The Morgan fingerprint density at radius 3 is 2.64 bits per heavy atom. The number of phenols is 1. The van der Waals surface area contributed by atoms with E-state index in [1.807, 2.05) is 0 Å². The Labute approximate surface area is 81.1 Å². The maximum Gasteiger partial charge on any atom is 0.283 e. The predicted octanol–water partition coefficient (Wildman–Crippen LogP) is 0.114. The van der Waals surface area contributed by atoms with Crippen LogP contribution in [0.3, 0.4) is 0 Å². The van der Waals surface area contributed by atoms with Crippen LogP contribution in [-0.2, 0) is 0 Å². The smallest absolute Gasteiger partial charge is 0.283 e. The Hall–Kier alpha value is -2.04. The summed E-state index contributed by atoms with van der Waals surface area (Å²) in [5, 5.41) is 9.35. The molecule has 1 aromatic rings. The van der Waals surface area contributed by atoms with Crippen molar-refractivity contribution in [1.82, 2.24) is 0 Å². The van der Waals surface area contributed by atoms with Gasteiger partial charge in [0, 0.05) is 0 Å². The van der Waals surface area contributed by atoms with Crippen molar-refractivity contribution in [3.05, 3.63) is 29.3 Å². The van der Waals surface area contributed by atoms with Crippen LogP contribution < -0.4 is 11.5 Å². The van der Waals surface area contributed by atoms with Gasteiger partial charge in [0.2, 0.25) is 0 Å². The Kier molecular flexibility index (Phi) is 2.71. The summed E-state index contributed by atoms with van der Waals surface area (Å²) >= 11 is 0. The van der Waals surface area contributed by atoms with Gasteiger partial charge in [-0.3, -0.25) is 4.79 Å². The minimum Gasteiger partial charge on any atom is -0.507 e. The number of amides is 1. The van der Waals surface area contributed by atoms with Crippen LogP contribution in [-0.4, -0.2) is 17.0 Å². The molecule has 0 heterocycles. The zero-order chi connectivity index (χ0) is 10.7. The topological polar surface area (TPSA) is 102 Å². The number of aromatic hydroxyl groups is 1. The maximum atomic E-state index is 11.3. The summed E-state index contributed by atoms with van der Waals surface area (Å²) in [6.45, 7) is 1.80. The molecule has 0 saturated carbocycles. The highest BCUT2D eigenvalue weighted by atomic mass is 16.3. The monoisotopic (exact) mass is 193 g/mol. The molecule has 0 aliphatic carbocycles. The molecular formula is C9H11N3O2. The van der Waals surface area contributed by atoms with E-state index in [1.54, 1.807) is 13.0 Å². The molecule has 0 atom stereocenters. The van der Waals surface area contributed by atoms with Crippen molar-refractivity contribution in [2.45, 2.75) is 6.92 Å². The molecule has 0 aliphatic rings. The number of rotatable bonds is 1. The van der Waals surface area contributed by atoms with Crippen molar-refractivity contribution in [2.24, 2.45) is 16.5 Å². The van der Waals surface area contributed by atoms with Crippen LogP contribution in [0.15, 0.2) is 23.2 Å². The van der Waals surface area contributed by atoms with Crippen molar-refractivity contribution >= 4 is 11.9 Å². The molecule has 1 rings (SSSR count). The van der Waals surface area contributed by atoms with Gasteiger partial charge in [0.05, 0.1) is 5.56 Å². The van der Waals surface area contributed by atoms with Gasteiger partial charge in [-0.2, -0.15) is 4.99 Å². The average molecular weight is 193 g/mol. The van der Waals surface area contributed by atoms with Crippen molar-refractivity contribution in [1.29, 1.82) is 0 Å². The van der Waals surface area contributed by atoms with Gasteiger partial charge in [-0.25, -0.2) is 0 Å². The lowest BCUT2D eigenvalue weighted by Crippen LogP contribution is -2.24. The van der Waals surface area contributed by atoms with E-state index in [1.165, 1.54) is 12.1 Å². The standard InChI is InChI=1S/C9H11N3O2/c1-5-2-3-7(13)6(4-5)8(14)12-9(10)11/h2-4,13H,1H3,(H4,10,11,12,14). The lowest BCUT2D eigenvalue weighted by molar-refractivity contribution is 0.1000. The van der Waals surface area contributed by atoms with E-state index in [9.17, 15) is 9.90 Å². The molecule has 5 heteroatoms. The highest BCUT2D eigenvalue weighted by Crippen LogP contribution is 2.18. The second kappa shape index (κ2) is 3.78. The highest BCUT2D eigenvalue weighted by molar-refractivity contribution is 6.03. The number of carbonyl (C=O) groups excluding carboxylic acids is 1. The summed E-state index contributed by atoms with van der Waals surface area (Å²) in [6, 6.07) is 4.62. The second-order valence-corrected chi connectivity index (χ2v) is 2.86. The molecule has 5 N–H and O–H groups in total. The van der Waals surface area contributed by atoms with E-state index in [0.717, 1.165) is 5.56 Å². The minimum absolute atomic E-state index is 0.0957. The quantitative estimate of drug-likeness (QED) is 0.435. The number of guanidine groups is 1. The van der Waals surface area contributed by atoms with E-state index in [0.29, 0.717) is 0 Å². The number of benzene rings is 1. The number of phenolic OH excluding ortho intramolecular Hbond substituents is 1. The molecule has 0 aromatic heterocycles. The first-order valence-corrected chi connectivity index (χ1v) is 3.94. The van der Waals surface area contributed by atoms with Crippen molar-refractivity contribution in [2.75, 3.05) is 0 Å². The van der Waals surface area contributed by atoms with Crippen LogP contribution >= 0.6 is 0 Å². The normalized spacial score (nSPS) is 9.50. The first-order chi connectivity index (χ1) is 6.50. The van der Waals surface area contributed by atoms with Gasteiger partial charge in [0.15, 0.2) is 5.96 Å². The number of carbonyl (C=O) groups is 1. The number of hydrogen-bond donors (Lipinski definition) is 3. The molecule has 0 radical (unpaired) electrons. The molecule has 14 heavy (non-hydrogen) atoms. The zero-order valence-electron chi connectivity index (χ0n) is 7.69. The SMILES string of the molecule is Cc1ccc(O)c(C(=O)N=C(N)N)c1. The molecule has 0 bridgehead atoms. The molecule has 0 aliphatic heterocycles. The molecule has 0 saturated heterocycles. The Morgan fingerprint density at radius 1 is 1.43 bits per heavy atom. The third-order valence-electron chi connectivity index (χ3n) is 1.61. The second-order valence-electron chi connectivity index (χ2n) is 2.86. The van der Waals surface area contributed by atoms with Gasteiger partial charge in [-0.15, -0.1) is 0 Å². The first kappa shape index (κ1) is 10.0.